The first-order valence-electron chi connectivity index (χ1n) is 8.20. The first kappa shape index (κ1) is 17.4. The van der Waals surface area contributed by atoms with E-state index >= 15 is 0 Å². The summed E-state index contributed by atoms with van der Waals surface area (Å²) in [5.41, 5.74) is 3.62. The molecule has 0 aliphatic carbocycles. The van der Waals surface area contributed by atoms with Crippen LogP contribution in [0.25, 0.3) is 6.08 Å². The van der Waals surface area contributed by atoms with Crippen molar-refractivity contribution in [2.24, 2.45) is 5.41 Å². The van der Waals surface area contributed by atoms with Gasteiger partial charge in [0.05, 0.1) is 13.2 Å². The molecule has 2 aromatic rings. The Morgan fingerprint density at radius 3 is 2.43 bits per heavy atom. The Hall–Kier alpha value is -1.93. The van der Waals surface area contributed by atoms with Gasteiger partial charge in [0.2, 0.25) is 0 Å². The highest BCUT2D eigenvalue weighted by atomic mass is 16.5. The molecule has 1 atom stereocenters. The normalized spacial score (nSPS) is 13.4. The molecular formula is C21H27NO. The predicted octanol–water partition coefficient (Wildman–Crippen LogP) is 5.46. The van der Waals surface area contributed by atoms with Crippen LogP contribution >= 0.6 is 0 Å². The summed E-state index contributed by atoms with van der Waals surface area (Å²) in [5, 5.41) is 0. The molecule has 0 saturated heterocycles. The van der Waals surface area contributed by atoms with Gasteiger partial charge in [-0.1, -0.05) is 76.2 Å². The van der Waals surface area contributed by atoms with Crippen LogP contribution in [0.4, 0.5) is 0 Å². The molecule has 1 aromatic carbocycles. The highest BCUT2D eigenvalue weighted by Gasteiger charge is 2.10. The average Bonchev–Trinajstić information content (AvgIpc) is 2.53. The van der Waals surface area contributed by atoms with Crippen LogP contribution in [0.3, 0.4) is 0 Å². The number of allylic oxidation sites excluding steroid dienone is 1. The SMILES string of the molecule is CC(C=Cc1ccccc1)c1ccc(COCC(C)(C)C)cn1. The van der Waals surface area contributed by atoms with E-state index in [9.17, 15) is 0 Å². The van der Waals surface area contributed by atoms with Crippen LogP contribution in [0.15, 0.2) is 54.7 Å². The standard InChI is InChI=1S/C21H27NO/c1-17(10-11-18-8-6-5-7-9-18)20-13-12-19(14-22-20)15-23-16-21(2,3)4/h5-14,17H,15-16H2,1-4H3. The van der Waals surface area contributed by atoms with E-state index in [0.717, 1.165) is 17.9 Å². The molecule has 0 N–H and O–H groups in total. The molecule has 0 aliphatic heterocycles. The third-order valence-corrected chi connectivity index (χ3v) is 3.49. The molecule has 0 radical (unpaired) electrons. The van der Waals surface area contributed by atoms with Gasteiger partial charge in [-0.15, -0.1) is 0 Å². The van der Waals surface area contributed by atoms with Crippen molar-refractivity contribution in [3.8, 4) is 0 Å². The Labute approximate surface area is 140 Å². The van der Waals surface area contributed by atoms with Crippen molar-refractivity contribution in [3.63, 3.8) is 0 Å². The molecule has 1 aromatic heterocycles. The van der Waals surface area contributed by atoms with E-state index < -0.39 is 0 Å². The number of nitrogens with zero attached hydrogens (tertiary/aromatic N) is 1. The molecule has 23 heavy (non-hydrogen) atoms. The van der Waals surface area contributed by atoms with Crippen molar-refractivity contribution in [1.29, 1.82) is 0 Å². The van der Waals surface area contributed by atoms with Crippen molar-refractivity contribution in [2.45, 2.75) is 40.2 Å². The van der Waals surface area contributed by atoms with Crippen LogP contribution in [0.5, 0.6) is 0 Å². The molecule has 0 aliphatic rings. The number of benzene rings is 1. The second kappa shape index (κ2) is 8.07. The van der Waals surface area contributed by atoms with E-state index in [4.69, 9.17) is 4.74 Å². The van der Waals surface area contributed by atoms with Crippen molar-refractivity contribution >= 4 is 6.08 Å². The van der Waals surface area contributed by atoms with Gasteiger partial charge in [0, 0.05) is 17.8 Å². The number of rotatable bonds is 6. The number of aromatic nitrogens is 1. The minimum absolute atomic E-state index is 0.199. The van der Waals surface area contributed by atoms with E-state index in [0.29, 0.717) is 12.5 Å². The summed E-state index contributed by atoms with van der Waals surface area (Å²) in [6.45, 7) is 10.1. The number of hydrogen-bond donors (Lipinski definition) is 0. The molecule has 0 bridgehead atoms. The fraction of sp³-hybridized carbons (Fsp3) is 0.381. The Balaban J connectivity index is 1.90. The fourth-order valence-electron chi connectivity index (χ4n) is 2.18. The summed E-state index contributed by atoms with van der Waals surface area (Å²) in [6.07, 6.45) is 6.25. The van der Waals surface area contributed by atoms with E-state index in [1.807, 2.05) is 12.3 Å². The van der Waals surface area contributed by atoms with E-state index in [2.05, 4.69) is 81.2 Å². The van der Waals surface area contributed by atoms with Crippen LogP contribution in [0.1, 0.15) is 50.4 Å². The minimum Gasteiger partial charge on any atom is -0.376 e. The van der Waals surface area contributed by atoms with Gasteiger partial charge in [-0.2, -0.15) is 0 Å². The summed E-state index contributed by atoms with van der Waals surface area (Å²) in [4.78, 5) is 4.57. The van der Waals surface area contributed by atoms with Gasteiger partial charge >= 0.3 is 0 Å². The summed E-state index contributed by atoms with van der Waals surface area (Å²) in [7, 11) is 0. The topological polar surface area (TPSA) is 22.1 Å². The van der Waals surface area contributed by atoms with Crippen LogP contribution in [0.2, 0.25) is 0 Å². The Bertz CT molecular complexity index is 609. The third-order valence-electron chi connectivity index (χ3n) is 3.49. The molecule has 0 spiro atoms. The summed E-state index contributed by atoms with van der Waals surface area (Å²) in [5.74, 6) is 0.291. The van der Waals surface area contributed by atoms with Crippen LogP contribution in [-0.2, 0) is 11.3 Å². The lowest BCUT2D eigenvalue weighted by atomic mass is 9.99. The molecule has 1 heterocycles. The molecule has 0 saturated carbocycles. The van der Waals surface area contributed by atoms with Gasteiger partial charge in [-0.05, 0) is 22.6 Å². The maximum atomic E-state index is 5.74. The Morgan fingerprint density at radius 2 is 1.83 bits per heavy atom. The quantitative estimate of drug-likeness (QED) is 0.706. The van der Waals surface area contributed by atoms with Crippen LogP contribution in [-0.4, -0.2) is 11.6 Å². The Kier molecular flexibility index (Phi) is 6.12. The van der Waals surface area contributed by atoms with Gasteiger partial charge < -0.3 is 4.74 Å². The van der Waals surface area contributed by atoms with Crippen molar-refractivity contribution in [2.75, 3.05) is 6.61 Å². The second-order valence-corrected chi connectivity index (χ2v) is 7.20. The maximum absolute atomic E-state index is 5.74. The van der Waals surface area contributed by atoms with Crippen molar-refractivity contribution < 1.29 is 4.74 Å². The zero-order chi connectivity index (χ0) is 16.7. The van der Waals surface area contributed by atoms with Crippen molar-refractivity contribution in [1.82, 2.24) is 4.98 Å². The van der Waals surface area contributed by atoms with Gasteiger partial charge in [0.25, 0.3) is 0 Å². The first-order valence-corrected chi connectivity index (χ1v) is 8.20. The number of hydrogen-bond acceptors (Lipinski definition) is 2. The van der Waals surface area contributed by atoms with Gasteiger partial charge in [0.1, 0.15) is 0 Å². The Morgan fingerprint density at radius 1 is 1.09 bits per heavy atom. The highest BCUT2D eigenvalue weighted by Crippen LogP contribution is 2.18. The molecule has 2 nitrogen and oxygen atoms in total. The van der Waals surface area contributed by atoms with E-state index in [-0.39, 0.29) is 5.41 Å². The third kappa shape index (κ3) is 6.37. The number of pyridine rings is 1. The molecule has 2 rings (SSSR count). The predicted molar refractivity (Wildman–Crippen MR) is 97.2 cm³/mol. The minimum atomic E-state index is 0.199. The van der Waals surface area contributed by atoms with E-state index in [1.54, 1.807) is 0 Å². The van der Waals surface area contributed by atoms with Crippen LogP contribution in [0, 0.1) is 5.41 Å². The smallest absolute Gasteiger partial charge is 0.0732 e. The summed E-state index contributed by atoms with van der Waals surface area (Å²) in [6, 6.07) is 14.5. The monoisotopic (exact) mass is 309 g/mol. The van der Waals surface area contributed by atoms with Crippen molar-refractivity contribution in [3.05, 3.63) is 71.6 Å². The van der Waals surface area contributed by atoms with Crippen LogP contribution < -0.4 is 0 Å². The van der Waals surface area contributed by atoms with Gasteiger partial charge in [-0.3, -0.25) is 4.98 Å². The molecule has 0 fully saturated rings. The molecular weight excluding hydrogens is 282 g/mol. The average molecular weight is 309 g/mol. The zero-order valence-corrected chi connectivity index (χ0v) is 14.6. The lowest BCUT2D eigenvalue weighted by Gasteiger charge is -2.18. The largest absolute Gasteiger partial charge is 0.376 e. The summed E-state index contributed by atoms with van der Waals surface area (Å²) < 4.78 is 5.74. The number of ether oxygens (including phenoxy) is 1. The maximum Gasteiger partial charge on any atom is 0.0732 e. The fourth-order valence-corrected chi connectivity index (χ4v) is 2.18. The second-order valence-electron chi connectivity index (χ2n) is 7.20. The lowest BCUT2D eigenvalue weighted by molar-refractivity contribution is 0.0597. The first-order chi connectivity index (χ1) is 10.9. The molecule has 122 valence electrons. The highest BCUT2D eigenvalue weighted by molar-refractivity contribution is 5.50. The molecule has 1 unspecified atom stereocenters. The summed E-state index contributed by atoms with van der Waals surface area (Å²) >= 11 is 0. The van der Waals surface area contributed by atoms with Gasteiger partial charge in [-0.25, -0.2) is 0 Å². The zero-order valence-electron chi connectivity index (χ0n) is 14.6. The van der Waals surface area contributed by atoms with E-state index in [1.165, 1.54) is 5.56 Å². The molecule has 2 heteroatoms. The molecule has 0 amide bonds. The van der Waals surface area contributed by atoms with Gasteiger partial charge in [0.15, 0.2) is 0 Å². The lowest BCUT2D eigenvalue weighted by Crippen LogP contribution is -2.14.